The first kappa shape index (κ1) is 31.9. The number of benzene rings is 7. The van der Waals surface area contributed by atoms with E-state index in [-0.39, 0.29) is 0 Å². The third-order valence-corrected chi connectivity index (χ3v) is 13.8. The minimum absolute atomic E-state index is 0.634. The van der Waals surface area contributed by atoms with Gasteiger partial charge in [0.05, 0.1) is 11.4 Å². The van der Waals surface area contributed by atoms with Crippen molar-refractivity contribution in [1.82, 2.24) is 15.0 Å². The van der Waals surface area contributed by atoms with Crippen LogP contribution >= 0.6 is 0 Å². The Bertz CT molecular complexity index is 2650. The summed E-state index contributed by atoms with van der Waals surface area (Å²) in [7, 11) is -2.28. The molecule has 0 fully saturated rings. The first-order valence-corrected chi connectivity index (χ1v) is 21.1. The molecule has 7 heteroatoms. The SMILES string of the molecule is C[Si]1(C)c2cc(-c3ccc4c(c3)Oc3ccccc3N4c3ccccc3)ccc2Oc2ccc(-c3nc(-c4ccccc4)nc(-c4ccccc4)n3)cc21. The molecule has 1 aromatic heterocycles. The highest BCUT2D eigenvalue weighted by Crippen LogP contribution is 2.51. The summed E-state index contributed by atoms with van der Waals surface area (Å²) < 4.78 is 13.2. The Balaban J connectivity index is 1.03. The number of anilines is 3. The maximum Gasteiger partial charge on any atom is 0.164 e. The summed E-state index contributed by atoms with van der Waals surface area (Å²) in [5, 5.41) is 2.45. The van der Waals surface area contributed by atoms with Crippen LogP contribution in [0.2, 0.25) is 13.1 Å². The van der Waals surface area contributed by atoms with Gasteiger partial charge in [0, 0.05) is 22.4 Å². The van der Waals surface area contributed by atoms with E-state index in [1.165, 1.54) is 10.4 Å². The van der Waals surface area contributed by atoms with Crippen LogP contribution in [-0.2, 0) is 0 Å². The molecule has 10 rings (SSSR count). The molecule has 3 heterocycles. The molecule has 0 saturated heterocycles. The van der Waals surface area contributed by atoms with Crippen LogP contribution in [0.5, 0.6) is 23.0 Å². The van der Waals surface area contributed by atoms with E-state index >= 15 is 0 Å². The van der Waals surface area contributed by atoms with E-state index in [9.17, 15) is 0 Å². The van der Waals surface area contributed by atoms with Crippen LogP contribution in [-0.4, -0.2) is 23.0 Å². The molecule has 0 amide bonds. The molecule has 258 valence electrons. The fourth-order valence-electron chi connectivity index (χ4n) is 7.53. The van der Waals surface area contributed by atoms with Crippen LogP contribution in [0, 0.1) is 0 Å². The average Bonchev–Trinajstić information content (AvgIpc) is 3.23. The molecule has 2 aliphatic rings. The van der Waals surface area contributed by atoms with Gasteiger partial charge in [-0.15, -0.1) is 0 Å². The Labute approximate surface area is 315 Å². The second kappa shape index (κ2) is 12.7. The lowest BCUT2D eigenvalue weighted by Crippen LogP contribution is -2.56. The smallest absolute Gasteiger partial charge is 0.164 e. The Morgan fingerprint density at radius 2 is 0.852 bits per heavy atom. The monoisotopic (exact) mass is 714 g/mol. The number of aromatic nitrogens is 3. The largest absolute Gasteiger partial charge is 0.458 e. The summed E-state index contributed by atoms with van der Waals surface area (Å²) in [6.45, 7) is 4.78. The molecule has 6 nitrogen and oxygen atoms in total. The number of ether oxygens (including phenoxy) is 2. The molecular formula is C47H34N4O2Si. The third kappa shape index (κ3) is 5.45. The molecule has 0 N–H and O–H groups in total. The van der Waals surface area contributed by atoms with Gasteiger partial charge in [-0.2, -0.15) is 0 Å². The van der Waals surface area contributed by atoms with E-state index in [0.717, 1.165) is 67.9 Å². The lowest BCUT2D eigenvalue weighted by Gasteiger charge is -2.34. The van der Waals surface area contributed by atoms with E-state index in [4.69, 9.17) is 24.4 Å². The number of hydrogen-bond acceptors (Lipinski definition) is 6. The average molecular weight is 715 g/mol. The molecule has 0 spiro atoms. The standard InChI is InChI=1S/C47H34N4O2Si/c1-54(2)43-29-34(33-22-25-38-42(28-33)52-39-21-13-12-20-37(39)51(38)36-18-10-5-11-19-36)23-26-40(43)53-41-27-24-35(30-44(41)54)47-49-45(31-14-6-3-7-15-31)48-46(50-47)32-16-8-4-9-17-32/h3-30H,1-2H3. The van der Waals surface area contributed by atoms with E-state index in [1.807, 2.05) is 84.9 Å². The van der Waals surface area contributed by atoms with Crippen molar-refractivity contribution >= 4 is 35.5 Å². The Morgan fingerprint density at radius 3 is 1.50 bits per heavy atom. The van der Waals surface area contributed by atoms with E-state index in [2.05, 4.69) is 103 Å². The lowest BCUT2D eigenvalue weighted by molar-refractivity contribution is 0.477. The molecule has 0 aliphatic carbocycles. The van der Waals surface area contributed by atoms with E-state index in [0.29, 0.717) is 17.5 Å². The molecule has 0 unspecified atom stereocenters. The van der Waals surface area contributed by atoms with Gasteiger partial charge in [-0.05, 0) is 82.2 Å². The van der Waals surface area contributed by atoms with Gasteiger partial charge in [-0.1, -0.05) is 122 Å². The normalized spacial score (nSPS) is 13.4. The van der Waals surface area contributed by atoms with Crippen molar-refractivity contribution in [2.75, 3.05) is 4.90 Å². The number of hydrogen-bond donors (Lipinski definition) is 0. The first-order chi connectivity index (χ1) is 26.5. The minimum atomic E-state index is -2.28. The minimum Gasteiger partial charge on any atom is -0.458 e. The predicted octanol–water partition coefficient (Wildman–Crippen LogP) is 11.0. The topological polar surface area (TPSA) is 60.4 Å². The third-order valence-electron chi connectivity index (χ3n) is 10.4. The van der Waals surface area contributed by atoms with Crippen molar-refractivity contribution in [3.63, 3.8) is 0 Å². The van der Waals surface area contributed by atoms with Crippen LogP contribution in [0.1, 0.15) is 0 Å². The van der Waals surface area contributed by atoms with Crippen LogP contribution in [0.25, 0.3) is 45.3 Å². The first-order valence-electron chi connectivity index (χ1n) is 18.1. The van der Waals surface area contributed by atoms with Crippen LogP contribution in [0.4, 0.5) is 17.1 Å². The second-order valence-electron chi connectivity index (χ2n) is 14.1. The Hall–Kier alpha value is -6.83. The molecule has 0 saturated carbocycles. The zero-order valence-corrected chi connectivity index (χ0v) is 30.8. The van der Waals surface area contributed by atoms with Crippen LogP contribution < -0.4 is 24.7 Å². The van der Waals surface area contributed by atoms with Crippen molar-refractivity contribution in [2.45, 2.75) is 13.1 Å². The maximum absolute atomic E-state index is 6.62. The van der Waals surface area contributed by atoms with Gasteiger partial charge in [0.25, 0.3) is 0 Å². The highest BCUT2D eigenvalue weighted by Gasteiger charge is 2.37. The van der Waals surface area contributed by atoms with Gasteiger partial charge in [0.1, 0.15) is 19.6 Å². The van der Waals surface area contributed by atoms with Gasteiger partial charge in [0.15, 0.2) is 29.0 Å². The van der Waals surface area contributed by atoms with Crippen molar-refractivity contribution in [3.8, 4) is 68.3 Å². The fourth-order valence-corrected chi connectivity index (χ4v) is 10.4. The molecule has 54 heavy (non-hydrogen) atoms. The molecule has 0 radical (unpaired) electrons. The quantitative estimate of drug-likeness (QED) is 0.165. The zero-order chi connectivity index (χ0) is 36.2. The highest BCUT2D eigenvalue weighted by molar-refractivity contribution is 7.01. The number of nitrogens with zero attached hydrogens (tertiary/aromatic N) is 4. The lowest BCUT2D eigenvalue weighted by atomic mass is 10.0. The summed E-state index contributed by atoms with van der Waals surface area (Å²) in [5.41, 5.74) is 8.14. The van der Waals surface area contributed by atoms with Crippen molar-refractivity contribution < 1.29 is 9.47 Å². The molecule has 0 atom stereocenters. The van der Waals surface area contributed by atoms with Crippen molar-refractivity contribution in [1.29, 1.82) is 0 Å². The zero-order valence-electron chi connectivity index (χ0n) is 29.8. The van der Waals surface area contributed by atoms with E-state index < -0.39 is 8.07 Å². The highest BCUT2D eigenvalue weighted by atomic mass is 28.3. The fraction of sp³-hybridized carbons (Fsp3) is 0.0426. The van der Waals surface area contributed by atoms with Crippen molar-refractivity contribution in [2.24, 2.45) is 0 Å². The summed E-state index contributed by atoms with van der Waals surface area (Å²) in [5.74, 6) is 5.36. The number of para-hydroxylation sites is 3. The van der Waals surface area contributed by atoms with Crippen LogP contribution in [0.15, 0.2) is 170 Å². The Kier molecular flexibility index (Phi) is 7.49. The number of rotatable bonds is 5. The second-order valence-corrected chi connectivity index (χ2v) is 18.4. The van der Waals surface area contributed by atoms with Crippen molar-refractivity contribution in [3.05, 3.63) is 170 Å². The molecule has 8 aromatic rings. The summed E-state index contributed by atoms with van der Waals surface area (Å²) in [6, 6.07) is 58.2. The van der Waals surface area contributed by atoms with Gasteiger partial charge < -0.3 is 14.4 Å². The van der Waals surface area contributed by atoms with Gasteiger partial charge in [-0.3, -0.25) is 0 Å². The molecular weight excluding hydrogens is 681 g/mol. The summed E-state index contributed by atoms with van der Waals surface area (Å²) in [6.07, 6.45) is 0. The summed E-state index contributed by atoms with van der Waals surface area (Å²) >= 11 is 0. The maximum atomic E-state index is 6.62. The number of fused-ring (bicyclic) bond motifs is 4. The van der Waals surface area contributed by atoms with E-state index in [1.54, 1.807) is 0 Å². The molecule has 2 aliphatic heterocycles. The molecule has 7 aromatic carbocycles. The summed E-state index contributed by atoms with van der Waals surface area (Å²) in [4.78, 5) is 17.2. The van der Waals surface area contributed by atoms with Crippen LogP contribution in [0.3, 0.4) is 0 Å². The molecule has 0 bridgehead atoms. The Morgan fingerprint density at radius 1 is 0.389 bits per heavy atom. The van der Waals surface area contributed by atoms with Gasteiger partial charge in [0.2, 0.25) is 0 Å². The van der Waals surface area contributed by atoms with Gasteiger partial charge in [-0.25, -0.2) is 15.0 Å². The van der Waals surface area contributed by atoms with Gasteiger partial charge >= 0.3 is 0 Å². The predicted molar refractivity (Wildman–Crippen MR) is 220 cm³/mol.